The van der Waals surface area contributed by atoms with Gasteiger partial charge in [0, 0.05) is 12.1 Å². The molecule has 1 N–H and O–H groups in total. The highest BCUT2D eigenvalue weighted by atomic mass is 19.1. The van der Waals surface area contributed by atoms with Gasteiger partial charge in [-0.15, -0.1) is 0 Å². The molecule has 0 bridgehead atoms. The molecule has 0 saturated carbocycles. The molecule has 0 aromatic heterocycles. The zero-order chi connectivity index (χ0) is 13.7. The van der Waals surface area contributed by atoms with E-state index in [1.54, 1.807) is 0 Å². The minimum absolute atomic E-state index is 0.108. The van der Waals surface area contributed by atoms with Crippen LogP contribution in [0.15, 0.2) is 18.2 Å². The molecule has 6 heteroatoms. The first-order valence-electron chi connectivity index (χ1n) is 5.26. The average molecular weight is 255 g/mol. The number of likely N-dealkylation sites (N-methyl/N-ethyl adjacent to an activating group) is 1. The summed E-state index contributed by atoms with van der Waals surface area (Å²) in [6, 6.07) is 3.23. The summed E-state index contributed by atoms with van der Waals surface area (Å²) in [5, 5.41) is 8.55. The molecule has 0 aliphatic carbocycles. The molecule has 0 atom stereocenters. The highest BCUT2D eigenvalue weighted by Gasteiger charge is 2.16. The smallest absolute Gasteiger partial charge is 0.377 e. The third kappa shape index (κ3) is 3.81. The molecule has 18 heavy (non-hydrogen) atoms. The van der Waals surface area contributed by atoms with Gasteiger partial charge in [-0.05, 0) is 32.3 Å². The van der Waals surface area contributed by atoms with Crippen molar-refractivity contribution in [1.29, 1.82) is 0 Å². The fourth-order valence-corrected chi connectivity index (χ4v) is 1.22. The van der Waals surface area contributed by atoms with Crippen LogP contribution in [-0.2, 0) is 4.79 Å². The lowest BCUT2D eigenvalue weighted by molar-refractivity contribution is -0.131. The van der Waals surface area contributed by atoms with E-state index < -0.39 is 17.6 Å². The van der Waals surface area contributed by atoms with Gasteiger partial charge in [0.2, 0.25) is 0 Å². The Hall–Kier alpha value is -1.95. The van der Waals surface area contributed by atoms with Crippen molar-refractivity contribution in [1.82, 2.24) is 4.90 Å². The topological polar surface area (TPSA) is 66.8 Å². The molecule has 1 rings (SSSR count). The molecule has 0 unspecified atom stereocenters. The number of ketones is 1. The number of ether oxygens (including phenoxy) is 1. The van der Waals surface area contributed by atoms with Crippen molar-refractivity contribution >= 4 is 11.8 Å². The number of hydrogen-bond donors (Lipinski definition) is 1. The molecular weight excluding hydrogens is 241 g/mol. The van der Waals surface area contributed by atoms with Crippen LogP contribution in [0.1, 0.15) is 10.4 Å². The van der Waals surface area contributed by atoms with Crippen molar-refractivity contribution in [2.24, 2.45) is 0 Å². The van der Waals surface area contributed by atoms with Crippen LogP contribution in [-0.4, -0.2) is 49.0 Å². The maximum absolute atomic E-state index is 13.4. The number of carboxylic acids is 1. The van der Waals surface area contributed by atoms with Crippen LogP contribution < -0.4 is 4.74 Å². The Kier molecular flexibility index (Phi) is 4.79. The number of carboxylic acid groups (broad SMARTS) is 1. The van der Waals surface area contributed by atoms with E-state index in [9.17, 15) is 14.0 Å². The van der Waals surface area contributed by atoms with Gasteiger partial charge in [-0.1, -0.05) is 0 Å². The number of benzene rings is 1. The molecule has 0 radical (unpaired) electrons. The number of nitrogens with zero attached hydrogens (tertiary/aromatic N) is 1. The normalized spacial score (nSPS) is 10.4. The Morgan fingerprint density at radius 3 is 2.61 bits per heavy atom. The second-order valence-electron chi connectivity index (χ2n) is 3.93. The molecule has 0 amide bonds. The molecule has 98 valence electrons. The monoisotopic (exact) mass is 255 g/mol. The molecule has 0 aliphatic heterocycles. The average Bonchev–Trinajstić information content (AvgIpc) is 2.30. The summed E-state index contributed by atoms with van der Waals surface area (Å²) in [6.45, 7) is 0.825. The summed E-state index contributed by atoms with van der Waals surface area (Å²) in [7, 11) is 3.67. The van der Waals surface area contributed by atoms with Crippen LogP contribution in [0.4, 0.5) is 4.39 Å². The summed E-state index contributed by atoms with van der Waals surface area (Å²) in [6.07, 6.45) is 0. The van der Waals surface area contributed by atoms with Crippen LogP contribution in [0.5, 0.6) is 5.75 Å². The second kappa shape index (κ2) is 6.11. The lowest BCUT2D eigenvalue weighted by atomic mass is 10.1. The molecule has 0 heterocycles. The number of Topliss-reactive ketones (excluding diaryl/α,β-unsaturated/α-hetero) is 1. The lowest BCUT2D eigenvalue weighted by Gasteiger charge is -2.11. The number of rotatable bonds is 6. The lowest BCUT2D eigenvalue weighted by Crippen LogP contribution is -2.20. The van der Waals surface area contributed by atoms with Gasteiger partial charge < -0.3 is 14.7 Å². The predicted molar refractivity (Wildman–Crippen MR) is 62.4 cm³/mol. The van der Waals surface area contributed by atoms with Crippen molar-refractivity contribution in [2.45, 2.75) is 0 Å². The third-order valence-electron chi connectivity index (χ3n) is 2.18. The van der Waals surface area contributed by atoms with E-state index in [-0.39, 0.29) is 17.9 Å². The maximum atomic E-state index is 13.4. The zero-order valence-corrected chi connectivity index (χ0v) is 10.1. The maximum Gasteiger partial charge on any atom is 0.377 e. The number of halogens is 1. The van der Waals surface area contributed by atoms with Crippen molar-refractivity contribution < 1.29 is 23.8 Å². The van der Waals surface area contributed by atoms with Crippen LogP contribution >= 0.6 is 0 Å². The van der Waals surface area contributed by atoms with Crippen molar-refractivity contribution in [3.8, 4) is 5.75 Å². The van der Waals surface area contributed by atoms with E-state index >= 15 is 0 Å². The number of carbonyl (C=O) groups excluding carboxylic acids is 1. The van der Waals surface area contributed by atoms with Crippen LogP contribution in [0, 0.1) is 5.82 Å². The Morgan fingerprint density at radius 2 is 2.06 bits per heavy atom. The Balaban J connectivity index is 2.81. The molecule has 1 aromatic carbocycles. The van der Waals surface area contributed by atoms with Gasteiger partial charge in [0.1, 0.15) is 6.61 Å². The first-order valence-corrected chi connectivity index (χ1v) is 5.26. The van der Waals surface area contributed by atoms with E-state index in [1.807, 2.05) is 19.0 Å². The largest absolute Gasteiger partial charge is 0.489 e. The number of aliphatic carboxylic acids is 1. The minimum Gasteiger partial charge on any atom is -0.489 e. The second-order valence-corrected chi connectivity index (χ2v) is 3.93. The molecule has 1 aromatic rings. The Bertz CT molecular complexity index is 459. The van der Waals surface area contributed by atoms with E-state index in [0.717, 1.165) is 18.2 Å². The molecular formula is C12H14FNO4. The summed E-state index contributed by atoms with van der Waals surface area (Å²) < 4.78 is 18.5. The molecule has 0 spiro atoms. The van der Waals surface area contributed by atoms with Crippen molar-refractivity contribution in [3.05, 3.63) is 29.6 Å². The van der Waals surface area contributed by atoms with Gasteiger partial charge in [0.05, 0.1) is 0 Å². The Labute approximate surface area is 104 Å². The first kappa shape index (κ1) is 14.1. The number of hydrogen-bond acceptors (Lipinski definition) is 4. The fourth-order valence-electron chi connectivity index (χ4n) is 1.22. The van der Waals surface area contributed by atoms with Gasteiger partial charge in [-0.2, -0.15) is 0 Å². The van der Waals surface area contributed by atoms with E-state index in [2.05, 4.69) is 0 Å². The summed E-state index contributed by atoms with van der Waals surface area (Å²) >= 11 is 0. The van der Waals surface area contributed by atoms with Crippen LogP contribution in [0.2, 0.25) is 0 Å². The Morgan fingerprint density at radius 1 is 1.39 bits per heavy atom. The van der Waals surface area contributed by atoms with Gasteiger partial charge in [-0.3, -0.25) is 4.79 Å². The van der Waals surface area contributed by atoms with Crippen LogP contribution in [0.3, 0.4) is 0 Å². The summed E-state index contributed by atoms with van der Waals surface area (Å²) in [5.41, 5.74) is -0.108. The molecule has 0 fully saturated rings. The zero-order valence-electron chi connectivity index (χ0n) is 10.1. The van der Waals surface area contributed by atoms with Crippen molar-refractivity contribution in [2.75, 3.05) is 27.2 Å². The van der Waals surface area contributed by atoms with Crippen molar-refractivity contribution in [3.63, 3.8) is 0 Å². The minimum atomic E-state index is -1.58. The molecule has 0 aliphatic rings. The predicted octanol–water partition coefficient (Wildman–Crippen LogP) is 1.03. The van der Waals surface area contributed by atoms with Crippen LogP contribution in [0.25, 0.3) is 0 Å². The first-order chi connectivity index (χ1) is 8.41. The summed E-state index contributed by atoms with van der Waals surface area (Å²) in [5.74, 6) is -3.42. The highest BCUT2D eigenvalue weighted by Crippen LogP contribution is 2.19. The van der Waals surface area contributed by atoms with Gasteiger partial charge >= 0.3 is 5.97 Å². The summed E-state index contributed by atoms with van der Waals surface area (Å²) in [4.78, 5) is 23.6. The van der Waals surface area contributed by atoms with E-state index in [1.165, 1.54) is 0 Å². The molecule has 0 saturated heterocycles. The van der Waals surface area contributed by atoms with Gasteiger partial charge in [0.25, 0.3) is 5.78 Å². The standard InChI is InChI=1S/C12H14FNO4/c1-14(2)5-6-18-10-7-8(3-4-9(10)13)11(15)12(16)17/h3-4,7H,5-6H2,1-2H3,(H,16,17). The third-order valence-corrected chi connectivity index (χ3v) is 2.18. The number of carbonyl (C=O) groups is 2. The fraction of sp³-hybridized carbons (Fsp3) is 0.333. The van der Waals surface area contributed by atoms with Gasteiger partial charge in [-0.25, -0.2) is 9.18 Å². The molecule has 5 nitrogen and oxygen atoms in total. The van der Waals surface area contributed by atoms with E-state index in [4.69, 9.17) is 9.84 Å². The van der Waals surface area contributed by atoms with E-state index in [0.29, 0.717) is 6.54 Å². The highest BCUT2D eigenvalue weighted by molar-refractivity contribution is 6.39. The quantitative estimate of drug-likeness (QED) is 0.607. The SMILES string of the molecule is CN(C)CCOc1cc(C(=O)C(=O)O)ccc1F. The van der Waals surface area contributed by atoms with Gasteiger partial charge in [0.15, 0.2) is 11.6 Å².